The maximum absolute atomic E-state index is 13.1. The molecule has 3 N–H and O–H groups in total. The van der Waals surface area contributed by atoms with E-state index < -0.39 is 0 Å². The van der Waals surface area contributed by atoms with E-state index in [4.69, 9.17) is 5.73 Å². The Hall–Kier alpha value is -1.79. The Bertz CT molecular complexity index is 652. The molecule has 1 heterocycles. The smallest absolute Gasteiger partial charge is 0.271 e. The van der Waals surface area contributed by atoms with Crippen molar-refractivity contribution < 1.29 is 9.18 Å². The van der Waals surface area contributed by atoms with Crippen molar-refractivity contribution in [2.75, 3.05) is 0 Å². The minimum atomic E-state index is -0.269. The number of carbonyl (C=O) groups is 1. The molecule has 116 valence electrons. The van der Waals surface area contributed by atoms with Gasteiger partial charge in [0.15, 0.2) is 0 Å². The summed E-state index contributed by atoms with van der Waals surface area (Å²) >= 11 is 1.38. The van der Waals surface area contributed by atoms with E-state index in [2.05, 4.69) is 10.3 Å². The second-order valence-electron chi connectivity index (χ2n) is 5.52. The van der Waals surface area contributed by atoms with Gasteiger partial charge in [-0.05, 0) is 36.5 Å². The van der Waals surface area contributed by atoms with Gasteiger partial charge >= 0.3 is 0 Å². The third-order valence-electron chi connectivity index (χ3n) is 4.10. The van der Waals surface area contributed by atoms with Crippen LogP contribution in [0.15, 0.2) is 29.6 Å². The van der Waals surface area contributed by atoms with Gasteiger partial charge in [-0.25, -0.2) is 9.37 Å². The molecule has 1 fully saturated rings. The Kier molecular flexibility index (Phi) is 4.49. The predicted octanol–water partition coefficient (Wildman–Crippen LogP) is 3.01. The van der Waals surface area contributed by atoms with Gasteiger partial charge in [0.1, 0.15) is 16.5 Å². The highest BCUT2D eigenvalue weighted by molar-refractivity contribution is 7.09. The Labute approximate surface area is 132 Å². The van der Waals surface area contributed by atoms with E-state index in [1.54, 1.807) is 17.5 Å². The van der Waals surface area contributed by atoms with Crippen molar-refractivity contribution in [3.8, 4) is 0 Å². The van der Waals surface area contributed by atoms with Crippen molar-refractivity contribution in [1.82, 2.24) is 10.3 Å². The van der Waals surface area contributed by atoms with E-state index in [0.29, 0.717) is 18.2 Å². The quantitative estimate of drug-likeness (QED) is 0.890. The molecule has 0 aliphatic heterocycles. The van der Waals surface area contributed by atoms with Gasteiger partial charge in [0.2, 0.25) is 0 Å². The van der Waals surface area contributed by atoms with E-state index in [0.717, 1.165) is 23.4 Å². The van der Waals surface area contributed by atoms with Gasteiger partial charge in [-0.3, -0.25) is 4.79 Å². The molecule has 1 aromatic carbocycles. The van der Waals surface area contributed by atoms with Crippen LogP contribution < -0.4 is 11.1 Å². The summed E-state index contributed by atoms with van der Waals surface area (Å²) < 4.78 is 13.1. The first-order valence-electron chi connectivity index (χ1n) is 7.38. The minimum absolute atomic E-state index is 0.0927. The molecule has 1 aromatic heterocycles. The average Bonchev–Trinajstić information content (AvgIpc) is 2.94. The summed E-state index contributed by atoms with van der Waals surface area (Å²) in [6.45, 7) is 0.335. The zero-order valence-electron chi connectivity index (χ0n) is 12.1. The molecule has 0 spiro atoms. The third-order valence-corrected chi connectivity index (χ3v) is 4.97. The van der Waals surface area contributed by atoms with Crippen LogP contribution in [0.2, 0.25) is 0 Å². The van der Waals surface area contributed by atoms with Crippen LogP contribution in [0, 0.1) is 11.7 Å². The molecule has 1 saturated carbocycles. The van der Waals surface area contributed by atoms with Crippen molar-refractivity contribution in [3.05, 3.63) is 51.7 Å². The second kappa shape index (κ2) is 6.54. The van der Waals surface area contributed by atoms with Gasteiger partial charge in [0.25, 0.3) is 5.91 Å². The summed E-state index contributed by atoms with van der Waals surface area (Å²) in [5, 5.41) is 5.52. The maximum Gasteiger partial charge on any atom is 0.271 e. The standard InChI is InChI=1S/C16H18FN3OS/c17-12-6-4-11(5-7-12)15(10-2-1-3-10)20-16(21)13-9-22-14(8-18)19-13/h4-7,9-10,15H,1-3,8,18H2,(H,20,21). The average molecular weight is 319 g/mol. The summed E-state index contributed by atoms with van der Waals surface area (Å²) in [5.74, 6) is -0.0614. The molecular weight excluding hydrogens is 301 g/mol. The molecule has 2 aromatic rings. The van der Waals surface area contributed by atoms with Crippen LogP contribution in [0.25, 0.3) is 0 Å². The number of thiazole rings is 1. The molecular formula is C16H18FN3OS. The van der Waals surface area contributed by atoms with Crippen LogP contribution in [-0.2, 0) is 6.54 Å². The third kappa shape index (κ3) is 3.18. The molecule has 1 amide bonds. The second-order valence-corrected chi connectivity index (χ2v) is 6.47. The van der Waals surface area contributed by atoms with Gasteiger partial charge in [-0.2, -0.15) is 0 Å². The first-order valence-corrected chi connectivity index (χ1v) is 8.26. The van der Waals surface area contributed by atoms with Crippen molar-refractivity contribution in [2.45, 2.75) is 31.8 Å². The van der Waals surface area contributed by atoms with E-state index >= 15 is 0 Å². The molecule has 1 aliphatic carbocycles. The lowest BCUT2D eigenvalue weighted by Crippen LogP contribution is -2.36. The number of carbonyl (C=O) groups excluding carboxylic acids is 1. The molecule has 1 unspecified atom stereocenters. The number of aromatic nitrogens is 1. The summed E-state index contributed by atoms with van der Waals surface area (Å²) in [6, 6.07) is 6.26. The number of hydrogen-bond acceptors (Lipinski definition) is 4. The molecule has 6 heteroatoms. The van der Waals surface area contributed by atoms with Crippen molar-refractivity contribution in [1.29, 1.82) is 0 Å². The highest BCUT2D eigenvalue weighted by Gasteiger charge is 2.30. The molecule has 4 nitrogen and oxygen atoms in total. The van der Waals surface area contributed by atoms with Crippen LogP contribution in [0.3, 0.4) is 0 Å². The maximum atomic E-state index is 13.1. The molecule has 0 bridgehead atoms. The molecule has 0 saturated heterocycles. The highest BCUT2D eigenvalue weighted by atomic mass is 32.1. The van der Waals surface area contributed by atoms with Gasteiger partial charge in [0, 0.05) is 11.9 Å². The summed E-state index contributed by atoms with van der Waals surface area (Å²) in [4.78, 5) is 16.6. The number of halogens is 1. The Morgan fingerprint density at radius 1 is 1.41 bits per heavy atom. The van der Waals surface area contributed by atoms with Gasteiger partial charge in [0.05, 0.1) is 6.04 Å². The number of nitrogens with two attached hydrogens (primary N) is 1. The topological polar surface area (TPSA) is 68.0 Å². The first-order chi connectivity index (χ1) is 10.7. The van der Waals surface area contributed by atoms with Gasteiger partial charge in [-0.15, -0.1) is 11.3 Å². The van der Waals surface area contributed by atoms with Crippen molar-refractivity contribution in [2.24, 2.45) is 11.7 Å². The van der Waals surface area contributed by atoms with E-state index in [9.17, 15) is 9.18 Å². The van der Waals surface area contributed by atoms with E-state index in [1.165, 1.54) is 29.9 Å². The zero-order valence-corrected chi connectivity index (χ0v) is 12.9. The largest absolute Gasteiger partial charge is 0.344 e. The lowest BCUT2D eigenvalue weighted by atomic mass is 9.77. The number of rotatable bonds is 5. The van der Waals surface area contributed by atoms with Crippen LogP contribution in [0.4, 0.5) is 4.39 Å². The molecule has 0 radical (unpaired) electrons. The molecule has 22 heavy (non-hydrogen) atoms. The zero-order chi connectivity index (χ0) is 15.5. The highest BCUT2D eigenvalue weighted by Crippen LogP contribution is 2.37. The molecule has 1 atom stereocenters. The van der Waals surface area contributed by atoms with Crippen molar-refractivity contribution >= 4 is 17.2 Å². The van der Waals surface area contributed by atoms with E-state index in [-0.39, 0.29) is 17.8 Å². The Balaban J connectivity index is 1.77. The number of amides is 1. The fraction of sp³-hybridized carbons (Fsp3) is 0.375. The van der Waals surface area contributed by atoms with Crippen LogP contribution in [0.1, 0.15) is 46.4 Å². The van der Waals surface area contributed by atoms with Crippen LogP contribution in [-0.4, -0.2) is 10.9 Å². The normalized spacial score (nSPS) is 16.1. The fourth-order valence-electron chi connectivity index (χ4n) is 2.64. The summed E-state index contributed by atoms with van der Waals surface area (Å²) in [5.41, 5.74) is 6.87. The predicted molar refractivity (Wildman–Crippen MR) is 84.0 cm³/mol. The minimum Gasteiger partial charge on any atom is -0.344 e. The van der Waals surface area contributed by atoms with Crippen LogP contribution >= 0.6 is 11.3 Å². The van der Waals surface area contributed by atoms with Crippen molar-refractivity contribution in [3.63, 3.8) is 0 Å². The van der Waals surface area contributed by atoms with Crippen LogP contribution in [0.5, 0.6) is 0 Å². The van der Waals surface area contributed by atoms with Gasteiger partial charge < -0.3 is 11.1 Å². The summed E-state index contributed by atoms with van der Waals surface area (Å²) in [7, 11) is 0. The molecule has 3 rings (SSSR count). The van der Waals surface area contributed by atoms with Gasteiger partial charge in [-0.1, -0.05) is 18.6 Å². The molecule has 1 aliphatic rings. The number of nitrogens with one attached hydrogen (secondary N) is 1. The Morgan fingerprint density at radius 3 is 2.68 bits per heavy atom. The number of nitrogens with zero attached hydrogens (tertiary/aromatic N) is 1. The SMILES string of the molecule is NCc1nc(C(=O)NC(c2ccc(F)cc2)C2CCC2)cs1. The van der Waals surface area contributed by atoms with E-state index in [1.807, 2.05) is 0 Å². The number of benzene rings is 1. The number of hydrogen-bond donors (Lipinski definition) is 2. The summed E-state index contributed by atoms with van der Waals surface area (Å²) in [6.07, 6.45) is 3.33. The monoisotopic (exact) mass is 319 g/mol. The lowest BCUT2D eigenvalue weighted by Gasteiger charge is -2.34. The lowest BCUT2D eigenvalue weighted by molar-refractivity contribution is 0.0896. The fourth-order valence-corrected chi connectivity index (χ4v) is 3.30. The Morgan fingerprint density at radius 2 is 2.14 bits per heavy atom. The first kappa shape index (κ1) is 15.1.